The van der Waals surface area contributed by atoms with E-state index in [2.05, 4.69) is 10.6 Å². The number of carbonyl (C=O) groups excluding carboxylic acids is 1. The standard InChI is InChI=1S/C12H18N2O3/c1-9(11-3-2-5-17-11)14-12(15)7-10-8-16-6-4-13-10/h2-3,5,9-10,13H,4,6-8H2,1H3,(H,14,15). The smallest absolute Gasteiger partial charge is 0.222 e. The fourth-order valence-corrected chi connectivity index (χ4v) is 1.88. The third-order valence-electron chi connectivity index (χ3n) is 2.78. The molecule has 0 bridgehead atoms. The van der Waals surface area contributed by atoms with Gasteiger partial charge in [-0.3, -0.25) is 4.79 Å². The number of nitrogens with one attached hydrogen (secondary N) is 2. The molecule has 1 aliphatic rings. The first-order chi connectivity index (χ1) is 8.25. The zero-order valence-electron chi connectivity index (χ0n) is 9.94. The highest BCUT2D eigenvalue weighted by molar-refractivity contribution is 5.77. The van der Waals surface area contributed by atoms with Crippen LogP contribution in [0.15, 0.2) is 22.8 Å². The van der Waals surface area contributed by atoms with E-state index < -0.39 is 0 Å². The van der Waals surface area contributed by atoms with Crippen LogP contribution in [0, 0.1) is 0 Å². The third-order valence-corrected chi connectivity index (χ3v) is 2.78. The van der Waals surface area contributed by atoms with Crippen molar-refractivity contribution < 1.29 is 13.9 Å². The van der Waals surface area contributed by atoms with Gasteiger partial charge in [-0.15, -0.1) is 0 Å². The van der Waals surface area contributed by atoms with Gasteiger partial charge in [-0.2, -0.15) is 0 Å². The minimum Gasteiger partial charge on any atom is -0.467 e. The van der Waals surface area contributed by atoms with Crippen molar-refractivity contribution in [1.29, 1.82) is 0 Å². The van der Waals surface area contributed by atoms with Gasteiger partial charge in [0.1, 0.15) is 5.76 Å². The molecule has 0 radical (unpaired) electrons. The van der Waals surface area contributed by atoms with Crippen molar-refractivity contribution in [3.8, 4) is 0 Å². The molecule has 0 saturated carbocycles. The molecule has 1 aromatic rings. The molecule has 0 spiro atoms. The minimum atomic E-state index is -0.0954. The first kappa shape index (κ1) is 12.1. The lowest BCUT2D eigenvalue weighted by atomic mass is 10.1. The van der Waals surface area contributed by atoms with Gasteiger partial charge in [-0.1, -0.05) is 0 Å². The Hall–Kier alpha value is -1.33. The van der Waals surface area contributed by atoms with Crippen LogP contribution in [-0.4, -0.2) is 31.7 Å². The second-order valence-electron chi connectivity index (χ2n) is 4.23. The predicted molar refractivity (Wildman–Crippen MR) is 62.5 cm³/mol. The van der Waals surface area contributed by atoms with E-state index in [1.54, 1.807) is 6.26 Å². The van der Waals surface area contributed by atoms with Crippen LogP contribution in [0.1, 0.15) is 25.1 Å². The molecule has 1 aliphatic heterocycles. The Morgan fingerprint density at radius 3 is 3.24 bits per heavy atom. The molecule has 5 heteroatoms. The number of morpholine rings is 1. The summed E-state index contributed by atoms with van der Waals surface area (Å²) in [6, 6.07) is 3.69. The maximum absolute atomic E-state index is 11.8. The highest BCUT2D eigenvalue weighted by Crippen LogP contribution is 2.12. The summed E-state index contributed by atoms with van der Waals surface area (Å²) < 4.78 is 10.5. The van der Waals surface area contributed by atoms with E-state index in [1.165, 1.54) is 0 Å². The maximum atomic E-state index is 11.8. The molecular formula is C12H18N2O3. The monoisotopic (exact) mass is 238 g/mol. The highest BCUT2D eigenvalue weighted by Gasteiger charge is 2.18. The summed E-state index contributed by atoms with van der Waals surface area (Å²) >= 11 is 0. The lowest BCUT2D eigenvalue weighted by Gasteiger charge is -2.23. The molecule has 1 saturated heterocycles. The van der Waals surface area contributed by atoms with Crippen molar-refractivity contribution in [2.45, 2.75) is 25.4 Å². The van der Waals surface area contributed by atoms with Crippen LogP contribution in [0.4, 0.5) is 0 Å². The molecule has 0 aromatic carbocycles. The largest absolute Gasteiger partial charge is 0.467 e. The SMILES string of the molecule is CC(NC(=O)CC1COCCN1)c1ccco1. The molecule has 94 valence electrons. The quantitative estimate of drug-likeness (QED) is 0.815. The Balaban J connectivity index is 1.76. The van der Waals surface area contributed by atoms with Gasteiger partial charge >= 0.3 is 0 Å². The van der Waals surface area contributed by atoms with E-state index in [1.807, 2.05) is 19.1 Å². The molecule has 1 amide bonds. The fourth-order valence-electron chi connectivity index (χ4n) is 1.88. The Labute approximate surface area is 101 Å². The van der Waals surface area contributed by atoms with Gasteiger partial charge in [0, 0.05) is 19.0 Å². The molecule has 2 unspecified atom stereocenters. The van der Waals surface area contributed by atoms with Crippen molar-refractivity contribution in [2.75, 3.05) is 19.8 Å². The summed E-state index contributed by atoms with van der Waals surface area (Å²) in [6.45, 7) is 4.04. The first-order valence-electron chi connectivity index (χ1n) is 5.89. The van der Waals surface area contributed by atoms with E-state index in [4.69, 9.17) is 9.15 Å². The van der Waals surface area contributed by atoms with Crippen LogP contribution in [0.2, 0.25) is 0 Å². The number of rotatable bonds is 4. The lowest BCUT2D eigenvalue weighted by Crippen LogP contribution is -2.44. The zero-order valence-corrected chi connectivity index (χ0v) is 9.94. The van der Waals surface area contributed by atoms with E-state index in [9.17, 15) is 4.79 Å². The van der Waals surface area contributed by atoms with Crippen molar-refractivity contribution in [1.82, 2.24) is 10.6 Å². The molecule has 2 atom stereocenters. The predicted octanol–water partition coefficient (Wildman–Crippen LogP) is 0.835. The topological polar surface area (TPSA) is 63.5 Å². The van der Waals surface area contributed by atoms with E-state index in [0.717, 1.165) is 18.9 Å². The summed E-state index contributed by atoms with van der Waals surface area (Å²) in [4.78, 5) is 11.8. The van der Waals surface area contributed by atoms with Gasteiger partial charge in [-0.25, -0.2) is 0 Å². The average Bonchev–Trinajstić information content (AvgIpc) is 2.83. The summed E-state index contributed by atoms with van der Waals surface area (Å²) in [6.07, 6.45) is 2.04. The zero-order chi connectivity index (χ0) is 12.1. The van der Waals surface area contributed by atoms with E-state index in [-0.39, 0.29) is 18.0 Å². The van der Waals surface area contributed by atoms with E-state index in [0.29, 0.717) is 13.0 Å². The van der Waals surface area contributed by atoms with Crippen molar-refractivity contribution in [3.05, 3.63) is 24.2 Å². The molecule has 5 nitrogen and oxygen atoms in total. The van der Waals surface area contributed by atoms with Crippen LogP contribution < -0.4 is 10.6 Å². The van der Waals surface area contributed by atoms with Gasteiger partial charge in [0.2, 0.25) is 5.91 Å². The average molecular weight is 238 g/mol. The van der Waals surface area contributed by atoms with E-state index >= 15 is 0 Å². The van der Waals surface area contributed by atoms with Crippen molar-refractivity contribution in [2.24, 2.45) is 0 Å². The van der Waals surface area contributed by atoms with Crippen LogP contribution >= 0.6 is 0 Å². The Morgan fingerprint density at radius 2 is 2.59 bits per heavy atom. The third kappa shape index (κ3) is 3.57. The number of carbonyl (C=O) groups is 1. The summed E-state index contributed by atoms with van der Waals surface area (Å²) in [5.41, 5.74) is 0. The first-order valence-corrected chi connectivity index (χ1v) is 5.89. The number of amides is 1. The number of hydrogen-bond acceptors (Lipinski definition) is 4. The number of ether oxygens (including phenoxy) is 1. The summed E-state index contributed by atoms with van der Waals surface area (Å²) in [7, 11) is 0. The van der Waals surface area contributed by atoms with Crippen molar-refractivity contribution >= 4 is 5.91 Å². The number of furan rings is 1. The molecule has 2 heterocycles. The number of hydrogen-bond donors (Lipinski definition) is 2. The minimum absolute atomic E-state index is 0.0110. The maximum Gasteiger partial charge on any atom is 0.222 e. The molecular weight excluding hydrogens is 220 g/mol. The Morgan fingerprint density at radius 1 is 1.71 bits per heavy atom. The molecule has 1 aromatic heterocycles. The Kier molecular flexibility index (Phi) is 4.17. The van der Waals surface area contributed by atoms with Gasteiger partial charge in [-0.05, 0) is 19.1 Å². The lowest BCUT2D eigenvalue weighted by molar-refractivity contribution is -0.123. The van der Waals surface area contributed by atoms with Gasteiger partial charge in [0.15, 0.2) is 0 Å². The van der Waals surface area contributed by atoms with Gasteiger partial charge in [0.05, 0.1) is 25.5 Å². The highest BCUT2D eigenvalue weighted by atomic mass is 16.5. The van der Waals surface area contributed by atoms with Gasteiger partial charge in [0.25, 0.3) is 0 Å². The van der Waals surface area contributed by atoms with Crippen LogP contribution in [0.5, 0.6) is 0 Å². The molecule has 17 heavy (non-hydrogen) atoms. The second kappa shape index (κ2) is 5.84. The molecule has 1 fully saturated rings. The molecule has 0 aliphatic carbocycles. The molecule has 2 N–H and O–H groups in total. The normalized spacial score (nSPS) is 22.1. The Bertz CT molecular complexity index is 345. The fraction of sp³-hybridized carbons (Fsp3) is 0.583. The van der Waals surface area contributed by atoms with Crippen LogP contribution in [0.3, 0.4) is 0 Å². The van der Waals surface area contributed by atoms with Gasteiger partial charge < -0.3 is 19.8 Å². The molecule has 2 rings (SSSR count). The van der Waals surface area contributed by atoms with Crippen molar-refractivity contribution in [3.63, 3.8) is 0 Å². The summed E-state index contributed by atoms with van der Waals surface area (Å²) in [5, 5.41) is 6.15. The van der Waals surface area contributed by atoms with Crippen LogP contribution in [-0.2, 0) is 9.53 Å². The van der Waals surface area contributed by atoms with Crippen LogP contribution in [0.25, 0.3) is 0 Å². The second-order valence-corrected chi connectivity index (χ2v) is 4.23. The summed E-state index contributed by atoms with van der Waals surface area (Å²) in [5.74, 6) is 0.781.